The number of nitrogens with zero attached hydrogens (tertiary/aromatic N) is 3. The lowest BCUT2D eigenvalue weighted by Crippen LogP contribution is -2.16. The first kappa shape index (κ1) is 12.0. The molecular formula is C9H15ClN4O. The minimum atomic E-state index is 0.0304. The lowest BCUT2D eigenvalue weighted by atomic mass is 10.1. The summed E-state index contributed by atoms with van der Waals surface area (Å²) in [6, 6.07) is 0.181. The van der Waals surface area contributed by atoms with E-state index in [2.05, 4.69) is 28.8 Å². The zero-order chi connectivity index (χ0) is 11.4. The summed E-state index contributed by atoms with van der Waals surface area (Å²) in [6.45, 7) is 6.19. The van der Waals surface area contributed by atoms with Crippen LogP contribution < -0.4 is 10.5 Å². The Hall–Kier alpha value is -1.10. The van der Waals surface area contributed by atoms with Gasteiger partial charge in [-0.05, 0) is 30.9 Å². The predicted molar refractivity (Wildman–Crippen MR) is 58.8 cm³/mol. The summed E-state index contributed by atoms with van der Waals surface area (Å²) < 4.78 is 5.46. The van der Waals surface area contributed by atoms with Crippen LogP contribution in [0.15, 0.2) is 0 Å². The molecule has 0 aromatic carbocycles. The zero-order valence-corrected chi connectivity index (χ0v) is 9.82. The van der Waals surface area contributed by atoms with Gasteiger partial charge in [-0.2, -0.15) is 15.0 Å². The van der Waals surface area contributed by atoms with E-state index in [0.717, 1.165) is 6.42 Å². The molecule has 1 aromatic rings. The Balaban J connectivity index is 2.63. The summed E-state index contributed by atoms with van der Waals surface area (Å²) in [7, 11) is 0. The second-order valence-electron chi connectivity index (χ2n) is 3.80. The molecule has 0 aliphatic heterocycles. The molecule has 1 aromatic heterocycles. The SMILES string of the molecule is CC(C)CC(C)Oc1nc(N)nc(Cl)n1. The van der Waals surface area contributed by atoms with Gasteiger partial charge in [0.15, 0.2) is 0 Å². The van der Waals surface area contributed by atoms with Crippen molar-refractivity contribution in [3.63, 3.8) is 0 Å². The van der Waals surface area contributed by atoms with Crippen LogP contribution in [0, 0.1) is 5.92 Å². The summed E-state index contributed by atoms with van der Waals surface area (Å²) in [5.41, 5.74) is 5.41. The minimum Gasteiger partial charge on any atom is -0.460 e. The van der Waals surface area contributed by atoms with Crippen LogP contribution in [0.25, 0.3) is 0 Å². The van der Waals surface area contributed by atoms with Gasteiger partial charge in [0, 0.05) is 0 Å². The van der Waals surface area contributed by atoms with E-state index in [0.29, 0.717) is 5.92 Å². The number of hydrogen-bond donors (Lipinski definition) is 1. The first-order valence-electron chi connectivity index (χ1n) is 4.81. The van der Waals surface area contributed by atoms with Crippen LogP contribution in [0.3, 0.4) is 0 Å². The average molecular weight is 231 g/mol. The molecule has 0 amide bonds. The molecule has 84 valence electrons. The van der Waals surface area contributed by atoms with Crippen LogP contribution in [0.1, 0.15) is 27.2 Å². The van der Waals surface area contributed by atoms with Crippen LogP contribution in [-0.4, -0.2) is 21.1 Å². The highest BCUT2D eigenvalue weighted by Gasteiger charge is 2.10. The highest BCUT2D eigenvalue weighted by molar-refractivity contribution is 6.28. The van der Waals surface area contributed by atoms with Gasteiger partial charge in [0.1, 0.15) is 0 Å². The first-order chi connectivity index (χ1) is 6.97. The van der Waals surface area contributed by atoms with Gasteiger partial charge in [-0.1, -0.05) is 13.8 Å². The summed E-state index contributed by atoms with van der Waals surface area (Å²) in [4.78, 5) is 11.3. The van der Waals surface area contributed by atoms with E-state index in [4.69, 9.17) is 22.1 Å². The van der Waals surface area contributed by atoms with Crippen LogP contribution in [0.4, 0.5) is 5.95 Å². The van der Waals surface area contributed by atoms with Gasteiger partial charge >= 0.3 is 6.01 Å². The molecule has 0 fully saturated rings. The van der Waals surface area contributed by atoms with Crippen molar-refractivity contribution in [3.05, 3.63) is 5.28 Å². The van der Waals surface area contributed by atoms with E-state index in [1.807, 2.05) is 6.92 Å². The monoisotopic (exact) mass is 230 g/mol. The van der Waals surface area contributed by atoms with Crippen molar-refractivity contribution >= 4 is 17.5 Å². The molecule has 2 N–H and O–H groups in total. The molecule has 0 saturated carbocycles. The number of halogens is 1. The fraction of sp³-hybridized carbons (Fsp3) is 0.667. The Morgan fingerprint density at radius 3 is 2.47 bits per heavy atom. The van der Waals surface area contributed by atoms with Crippen LogP contribution in [-0.2, 0) is 0 Å². The van der Waals surface area contributed by atoms with Crippen molar-refractivity contribution in [1.29, 1.82) is 0 Å². The molecular weight excluding hydrogens is 216 g/mol. The minimum absolute atomic E-state index is 0.0304. The van der Waals surface area contributed by atoms with E-state index >= 15 is 0 Å². The van der Waals surface area contributed by atoms with Crippen LogP contribution in [0.2, 0.25) is 5.28 Å². The van der Waals surface area contributed by atoms with Crippen molar-refractivity contribution in [2.45, 2.75) is 33.3 Å². The molecule has 0 spiro atoms. The lowest BCUT2D eigenvalue weighted by molar-refractivity contribution is 0.177. The number of rotatable bonds is 4. The van der Waals surface area contributed by atoms with Gasteiger partial charge < -0.3 is 10.5 Å². The molecule has 15 heavy (non-hydrogen) atoms. The maximum Gasteiger partial charge on any atom is 0.322 e. The van der Waals surface area contributed by atoms with Crippen LogP contribution >= 0.6 is 11.6 Å². The van der Waals surface area contributed by atoms with Gasteiger partial charge in [-0.25, -0.2) is 0 Å². The van der Waals surface area contributed by atoms with Crippen molar-refractivity contribution in [1.82, 2.24) is 15.0 Å². The summed E-state index contributed by atoms with van der Waals surface area (Å²) in [5, 5.41) is 0.0502. The third-order valence-corrected chi connectivity index (χ3v) is 1.88. The van der Waals surface area contributed by atoms with Gasteiger partial charge in [-0.15, -0.1) is 0 Å². The molecule has 0 radical (unpaired) electrons. The van der Waals surface area contributed by atoms with Crippen LogP contribution in [0.5, 0.6) is 6.01 Å². The van der Waals surface area contributed by atoms with Gasteiger partial charge in [0.2, 0.25) is 11.2 Å². The number of anilines is 1. The van der Waals surface area contributed by atoms with E-state index in [9.17, 15) is 0 Å². The highest BCUT2D eigenvalue weighted by Crippen LogP contribution is 2.13. The molecule has 1 heterocycles. The summed E-state index contributed by atoms with van der Waals surface area (Å²) in [6.07, 6.45) is 0.950. The number of nitrogens with two attached hydrogens (primary N) is 1. The summed E-state index contributed by atoms with van der Waals surface area (Å²) in [5.74, 6) is 0.622. The number of nitrogen functional groups attached to an aromatic ring is 1. The quantitative estimate of drug-likeness (QED) is 0.856. The van der Waals surface area contributed by atoms with Crippen molar-refractivity contribution in [3.8, 4) is 6.01 Å². The lowest BCUT2D eigenvalue weighted by Gasteiger charge is -2.14. The van der Waals surface area contributed by atoms with E-state index in [-0.39, 0.29) is 23.3 Å². The smallest absolute Gasteiger partial charge is 0.322 e. The van der Waals surface area contributed by atoms with Gasteiger partial charge in [0.05, 0.1) is 6.10 Å². The second kappa shape index (κ2) is 5.11. The number of aromatic nitrogens is 3. The molecule has 0 aliphatic carbocycles. The average Bonchev–Trinajstić information content (AvgIpc) is 1.98. The zero-order valence-electron chi connectivity index (χ0n) is 9.07. The molecule has 0 saturated heterocycles. The molecule has 0 bridgehead atoms. The van der Waals surface area contributed by atoms with Crippen molar-refractivity contribution < 1.29 is 4.74 Å². The van der Waals surface area contributed by atoms with Crippen molar-refractivity contribution in [2.75, 3.05) is 5.73 Å². The third kappa shape index (κ3) is 4.29. The molecule has 1 unspecified atom stereocenters. The van der Waals surface area contributed by atoms with Gasteiger partial charge in [-0.3, -0.25) is 0 Å². The maximum absolute atomic E-state index is 5.62. The normalized spacial score (nSPS) is 12.9. The topological polar surface area (TPSA) is 73.9 Å². The van der Waals surface area contributed by atoms with E-state index < -0.39 is 0 Å². The Labute approximate surface area is 94.0 Å². The standard InChI is InChI=1S/C9H15ClN4O/c1-5(2)4-6(3)15-9-13-7(10)12-8(11)14-9/h5-6H,4H2,1-3H3,(H2,11,12,13,14). The van der Waals surface area contributed by atoms with Gasteiger partial charge in [0.25, 0.3) is 0 Å². The molecule has 5 nitrogen and oxygen atoms in total. The molecule has 1 atom stereocenters. The Morgan fingerprint density at radius 1 is 1.27 bits per heavy atom. The molecule has 1 rings (SSSR count). The highest BCUT2D eigenvalue weighted by atomic mass is 35.5. The Kier molecular flexibility index (Phi) is 4.08. The molecule has 0 aliphatic rings. The number of hydrogen-bond acceptors (Lipinski definition) is 5. The van der Waals surface area contributed by atoms with Crippen molar-refractivity contribution in [2.24, 2.45) is 5.92 Å². The first-order valence-corrected chi connectivity index (χ1v) is 5.19. The van der Waals surface area contributed by atoms with E-state index in [1.165, 1.54) is 0 Å². The second-order valence-corrected chi connectivity index (χ2v) is 4.14. The Bertz CT molecular complexity index is 312. The fourth-order valence-electron chi connectivity index (χ4n) is 1.29. The summed E-state index contributed by atoms with van der Waals surface area (Å²) >= 11 is 5.62. The fourth-order valence-corrected chi connectivity index (χ4v) is 1.45. The Morgan fingerprint density at radius 2 is 1.93 bits per heavy atom. The molecule has 6 heteroatoms. The maximum atomic E-state index is 5.62. The van der Waals surface area contributed by atoms with E-state index in [1.54, 1.807) is 0 Å². The largest absolute Gasteiger partial charge is 0.460 e. The number of ether oxygens (including phenoxy) is 1. The third-order valence-electron chi connectivity index (χ3n) is 1.71. The predicted octanol–water partition coefficient (Wildman–Crippen LogP) is 1.92.